The van der Waals surface area contributed by atoms with E-state index in [4.69, 9.17) is 4.74 Å². The number of ether oxygens (including phenoxy) is 1. The van der Waals surface area contributed by atoms with Gasteiger partial charge in [0.15, 0.2) is 5.75 Å². The van der Waals surface area contributed by atoms with Crippen molar-refractivity contribution in [3.05, 3.63) is 30.7 Å². The van der Waals surface area contributed by atoms with Gasteiger partial charge in [-0.1, -0.05) is 0 Å². The average molecular weight is 354 g/mol. The fraction of sp³-hybridized carbons (Fsp3) is 0.444. The van der Waals surface area contributed by atoms with Crippen molar-refractivity contribution in [2.75, 3.05) is 48.4 Å². The maximum Gasteiger partial charge on any atom is 0.228 e. The fourth-order valence-electron chi connectivity index (χ4n) is 2.96. The molecule has 2 aliphatic rings. The van der Waals surface area contributed by atoms with Crippen molar-refractivity contribution in [1.29, 1.82) is 0 Å². The van der Waals surface area contributed by atoms with E-state index in [1.165, 1.54) is 0 Å². The molecule has 0 unspecified atom stereocenters. The van der Waals surface area contributed by atoms with Crippen LogP contribution in [0.15, 0.2) is 30.7 Å². The van der Waals surface area contributed by atoms with Crippen molar-refractivity contribution < 1.29 is 9.53 Å². The van der Waals surface area contributed by atoms with Gasteiger partial charge in [-0.05, 0) is 25.0 Å². The first-order valence-electron chi connectivity index (χ1n) is 8.86. The van der Waals surface area contributed by atoms with Gasteiger partial charge in [0.2, 0.25) is 11.9 Å². The van der Waals surface area contributed by atoms with Gasteiger partial charge in [0.25, 0.3) is 0 Å². The molecular formula is C18H22N6O2. The van der Waals surface area contributed by atoms with E-state index in [0.29, 0.717) is 11.6 Å². The number of pyridine rings is 1. The van der Waals surface area contributed by atoms with Gasteiger partial charge >= 0.3 is 0 Å². The van der Waals surface area contributed by atoms with Gasteiger partial charge in [-0.3, -0.25) is 4.79 Å². The molecule has 26 heavy (non-hydrogen) atoms. The molecule has 8 nitrogen and oxygen atoms in total. The molecule has 1 aliphatic carbocycles. The van der Waals surface area contributed by atoms with Crippen molar-refractivity contribution >= 4 is 23.4 Å². The third-order valence-electron chi connectivity index (χ3n) is 4.73. The molecule has 4 rings (SSSR count). The molecule has 2 aromatic rings. The second kappa shape index (κ2) is 7.15. The number of amides is 1. The molecule has 1 N–H and O–H groups in total. The molecule has 8 heteroatoms. The van der Waals surface area contributed by atoms with Crippen LogP contribution in [0.4, 0.5) is 17.5 Å². The van der Waals surface area contributed by atoms with Crippen LogP contribution < -0.4 is 19.9 Å². The Labute approximate surface area is 152 Å². The smallest absolute Gasteiger partial charge is 0.228 e. The number of nitrogens with zero attached hydrogens (tertiary/aromatic N) is 5. The minimum absolute atomic E-state index is 0.0818. The van der Waals surface area contributed by atoms with Crippen molar-refractivity contribution in [3.63, 3.8) is 0 Å². The topological polar surface area (TPSA) is 83.5 Å². The molecule has 2 fully saturated rings. The Hall–Kier alpha value is -2.90. The van der Waals surface area contributed by atoms with Crippen molar-refractivity contribution in [2.24, 2.45) is 5.92 Å². The fourth-order valence-corrected chi connectivity index (χ4v) is 2.96. The zero-order valence-corrected chi connectivity index (χ0v) is 14.8. The summed E-state index contributed by atoms with van der Waals surface area (Å²) in [4.78, 5) is 29.3. The molecule has 0 spiro atoms. The van der Waals surface area contributed by atoms with Crippen LogP contribution in [-0.2, 0) is 4.79 Å². The van der Waals surface area contributed by atoms with E-state index in [1.54, 1.807) is 19.5 Å². The van der Waals surface area contributed by atoms with E-state index in [2.05, 4.69) is 30.1 Å². The van der Waals surface area contributed by atoms with Crippen molar-refractivity contribution in [3.8, 4) is 5.75 Å². The zero-order chi connectivity index (χ0) is 17.9. The highest BCUT2D eigenvalue weighted by Gasteiger charge is 2.29. The molecule has 0 radical (unpaired) electrons. The maximum absolute atomic E-state index is 11.8. The highest BCUT2D eigenvalue weighted by molar-refractivity contribution is 5.93. The number of carbonyl (C=O) groups excluding carboxylic acids is 1. The van der Waals surface area contributed by atoms with E-state index in [-0.39, 0.29) is 11.8 Å². The maximum atomic E-state index is 11.8. The Kier molecular flexibility index (Phi) is 4.55. The van der Waals surface area contributed by atoms with Crippen LogP contribution in [0.1, 0.15) is 12.8 Å². The molecule has 3 heterocycles. The van der Waals surface area contributed by atoms with Crippen LogP contribution in [0.5, 0.6) is 5.75 Å². The molecular weight excluding hydrogens is 332 g/mol. The Morgan fingerprint density at radius 2 is 1.73 bits per heavy atom. The minimum atomic E-state index is 0.0818. The monoisotopic (exact) mass is 354 g/mol. The number of rotatable bonds is 5. The quantitative estimate of drug-likeness (QED) is 0.872. The van der Waals surface area contributed by atoms with Crippen LogP contribution in [0.3, 0.4) is 0 Å². The van der Waals surface area contributed by atoms with Gasteiger partial charge in [-0.25, -0.2) is 15.0 Å². The third kappa shape index (κ3) is 3.68. The Balaban J connectivity index is 1.32. The lowest BCUT2D eigenvalue weighted by Crippen LogP contribution is -2.47. The average Bonchev–Trinajstić information content (AvgIpc) is 3.54. The van der Waals surface area contributed by atoms with Crippen LogP contribution in [0.2, 0.25) is 0 Å². The summed E-state index contributed by atoms with van der Waals surface area (Å²) >= 11 is 0. The second-order valence-corrected chi connectivity index (χ2v) is 6.56. The Morgan fingerprint density at radius 1 is 1.04 bits per heavy atom. The largest absolute Gasteiger partial charge is 0.494 e. The predicted molar refractivity (Wildman–Crippen MR) is 98.6 cm³/mol. The number of aromatic nitrogens is 3. The van der Waals surface area contributed by atoms with E-state index >= 15 is 0 Å². The lowest BCUT2D eigenvalue weighted by molar-refractivity contribution is -0.117. The molecule has 136 valence electrons. The van der Waals surface area contributed by atoms with Gasteiger partial charge in [-0.2, -0.15) is 0 Å². The van der Waals surface area contributed by atoms with Crippen LogP contribution in [0.25, 0.3) is 0 Å². The molecule has 0 bridgehead atoms. The summed E-state index contributed by atoms with van der Waals surface area (Å²) in [6.07, 6.45) is 7.18. The van der Waals surface area contributed by atoms with Crippen molar-refractivity contribution in [1.82, 2.24) is 15.0 Å². The van der Waals surface area contributed by atoms with Gasteiger partial charge in [0.05, 0.1) is 31.4 Å². The zero-order valence-electron chi connectivity index (χ0n) is 14.8. The number of methoxy groups -OCH3 is 1. The highest BCUT2D eigenvalue weighted by Crippen LogP contribution is 2.30. The Morgan fingerprint density at radius 3 is 2.31 bits per heavy atom. The van der Waals surface area contributed by atoms with Crippen molar-refractivity contribution in [2.45, 2.75) is 12.8 Å². The predicted octanol–water partition coefficient (Wildman–Crippen LogP) is 1.56. The second-order valence-electron chi connectivity index (χ2n) is 6.56. The summed E-state index contributed by atoms with van der Waals surface area (Å²) in [7, 11) is 1.60. The summed E-state index contributed by atoms with van der Waals surface area (Å²) in [5, 5.41) is 2.87. The number of carbonyl (C=O) groups is 1. The van der Waals surface area contributed by atoms with Crippen LogP contribution in [0, 0.1) is 5.92 Å². The first-order valence-corrected chi connectivity index (χ1v) is 8.86. The first kappa shape index (κ1) is 16.6. The number of anilines is 3. The van der Waals surface area contributed by atoms with Gasteiger partial charge < -0.3 is 19.9 Å². The van der Waals surface area contributed by atoms with E-state index in [1.807, 2.05) is 18.3 Å². The van der Waals surface area contributed by atoms with Crippen LogP contribution >= 0.6 is 0 Å². The number of hydrogen-bond donors (Lipinski definition) is 1. The lowest BCUT2D eigenvalue weighted by atomic mass is 10.2. The summed E-state index contributed by atoms with van der Waals surface area (Å²) in [6, 6.07) is 3.88. The van der Waals surface area contributed by atoms with Gasteiger partial charge in [-0.15, -0.1) is 0 Å². The molecule has 1 aliphatic heterocycles. The molecule has 0 aromatic carbocycles. The summed E-state index contributed by atoms with van der Waals surface area (Å²) < 4.78 is 5.10. The highest BCUT2D eigenvalue weighted by atomic mass is 16.5. The molecule has 2 aromatic heterocycles. The number of hydrogen-bond acceptors (Lipinski definition) is 7. The molecule has 0 atom stereocenters. The number of nitrogens with one attached hydrogen (secondary N) is 1. The van der Waals surface area contributed by atoms with E-state index in [9.17, 15) is 4.79 Å². The minimum Gasteiger partial charge on any atom is -0.494 e. The standard InChI is InChI=1S/C18H22N6O2/c1-26-15-11-20-18(21-12-15)24-8-6-23(7-9-24)14-4-5-16(19-10-14)22-17(25)13-2-3-13/h4-5,10-13H,2-3,6-9H2,1H3,(H,19,22,25). The van der Waals surface area contributed by atoms with E-state index in [0.717, 1.165) is 50.7 Å². The normalized spacial score (nSPS) is 17.1. The lowest BCUT2D eigenvalue weighted by Gasteiger charge is -2.35. The SMILES string of the molecule is COc1cnc(N2CCN(c3ccc(NC(=O)C4CC4)nc3)CC2)nc1. The summed E-state index contributed by atoms with van der Waals surface area (Å²) in [6.45, 7) is 3.41. The molecule has 1 saturated heterocycles. The third-order valence-corrected chi connectivity index (χ3v) is 4.73. The van der Waals surface area contributed by atoms with Crippen LogP contribution in [-0.4, -0.2) is 54.1 Å². The number of piperazine rings is 1. The van der Waals surface area contributed by atoms with Gasteiger partial charge in [0, 0.05) is 32.1 Å². The van der Waals surface area contributed by atoms with Gasteiger partial charge in [0.1, 0.15) is 5.82 Å². The van der Waals surface area contributed by atoms with E-state index < -0.39 is 0 Å². The molecule has 1 amide bonds. The summed E-state index contributed by atoms with van der Waals surface area (Å²) in [5.41, 5.74) is 1.06. The summed E-state index contributed by atoms with van der Waals surface area (Å²) in [5.74, 6) is 2.27. The first-order chi connectivity index (χ1) is 12.7. The molecule has 1 saturated carbocycles. The Bertz CT molecular complexity index is 752.